The Labute approximate surface area is 107 Å². The van der Waals surface area contributed by atoms with Crippen LogP contribution in [0.4, 0.5) is 0 Å². The van der Waals surface area contributed by atoms with Crippen molar-refractivity contribution >= 4 is 16.0 Å². The van der Waals surface area contributed by atoms with E-state index in [-0.39, 0.29) is 6.61 Å². The number of esters is 1. The summed E-state index contributed by atoms with van der Waals surface area (Å²) in [7, 11) is -3.71. The fourth-order valence-corrected chi connectivity index (χ4v) is 2.46. The average Bonchev–Trinajstić information content (AvgIpc) is 2.28. The molecule has 100 valence electrons. The van der Waals surface area contributed by atoms with E-state index >= 15 is 0 Å². The molecule has 0 aliphatic heterocycles. The van der Waals surface area contributed by atoms with E-state index in [9.17, 15) is 13.2 Å². The number of hydrogen-bond donors (Lipinski definition) is 1. The number of nitrogens with two attached hydrogens (primary N) is 1. The summed E-state index contributed by atoms with van der Waals surface area (Å²) < 4.78 is 27.1. The van der Waals surface area contributed by atoms with Crippen LogP contribution in [0.25, 0.3) is 0 Å². The van der Waals surface area contributed by atoms with Gasteiger partial charge < -0.3 is 4.74 Å². The van der Waals surface area contributed by atoms with E-state index in [0.717, 1.165) is 5.56 Å². The molecule has 1 aromatic carbocycles. The molecule has 18 heavy (non-hydrogen) atoms. The lowest BCUT2D eigenvalue weighted by Crippen LogP contribution is -2.31. The SMILES string of the molecule is CCOC(=O)C(Cc1ccccc1)CS(N)(=O)=O. The van der Waals surface area contributed by atoms with Crippen LogP contribution in [0.15, 0.2) is 30.3 Å². The number of carbonyl (C=O) groups is 1. The molecule has 0 saturated carbocycles. The minimum atomic E-state index is -3.71. The first kappa shape index (κ1) is 14.7. The summed E-state index contributed by atoms with van der Waals surface area (Å²) in [5, 5.41) is 4.99. The normalized spacial score (nSPS) is 13.0. The maximum Gasteiger partial charge on any atom is 0.310 e. The van der Waals surface area contributed by atoms with Gasteiger partial charge in [-0.3, -0.25) is 4.79 Å². The minimum Gasteiger partial charge on any atom is -0.466 e. The molecule has 0 saturated heterocycles. The Morgan fingerprint density at radius 3 is 2.44 bits per heavy atom. The predicted octanol–water partition coefficient (Wildman–Crippen LogP) is 0.697. The Kier molecular flexibility index (Phi) is 5.30. The first-order valence-corrected chi connectivity index (χ1v) is 7.35. The van der Waals surface area contributed by atoms with Crippen molar-refractivity contribution in [1.82, 2.24) is 0 Å². The Hall–Kier alpha value is -1.40. The zero-order valence-corrected chi connectivity index (χ0v) is 11.0. The Balaban J connectivity index is 2.81. The van der Waals surface area contributed by atoms with Crippen molar-refractivity contribution in [1.29, 1.82) is 0 Å². The molecule has 0 heterocycles. The van der Waals surface area contributed by atoms with Crippen LogP contribution in [-0.4, -0.2) is 26.7 Å². The van der Waals surface area contributed by atoms with Crippen LogP contribution < -0.4 is 5.14 Å². The second kappa shape index (κ2) is 6.51. The lowest BCUT2D eigenvalue weighted by Gasteiger charge is -2.14. The molecule has 1 aromatic rings. The van der Waals surface area contributed by atoms with Crippen molar-refractivity contribution in [3.05, 3.63) is 35.9 Å². The maximum atomic E-state index is 11.7. The topological polar surface area (TPSA) is 86.5 Å². The van der Waals surface area contributed by atoms with Gasteiger partial charge in [-0.05, 0) is 18.9 Å². The molecule has 0 amide bonds. The van der Waals surface area contributed by atoms with Crippen LogP contribution in [0.3, 0.4) is 0 Å². The molecule has 0 aliphatic carbocycles. The Morgan fingerprint density at radius 2 is 1.94 bits per heavy atom. The van der Waals surface area contributed by atoms with Crippen LogP contribution in [0.2, 0.25) is 0 Å². The summed E-state index contributed by atoms with van der Waals surface area (Å²) in [6.07, 6.45) is 0.302. The number of primary sulfonamides is 1. The fraction of sp³-hybridized carbons (Fsp3) is 0.417. The van der Waals surface area contributed by atoms with E-state index in [4.69, 9.17) is 9.88 Å². The molecule has 0 aromatic heterocycles. The van der Waals surface area contributed by atoms with Crippen molar-refractivity contribution in [2.45, 2.75) is 13.3 Å². The van der Waals surface area contributed by atoms with Crippen LogP contribution in [0.5, 0.6) is 0 Å². The molecule has 1 rings (SSSR count). The van der Waals surface area contributed by atoms with E-state index in [1.165, 1.54) is 0 Å². The third-order valence-electron chi connectivity index (χ3n) is 2.38. The van der Waals surface area contributed by atoms with Gasteiger partial charge in [0.1, 0.15) is 0 Å². The minimum absolute atomic E-state index is 0.217. The lowest BCUT2D eigenvalue weighted by molar-refractivity contribution is -0.147. The monoisotopic (exact) mass is 271 g/mol. The number of rotatable bonds is 6. The van der Waals surface area contributed by atoms with Gasteiger partial charge in [-0.25, -0.2) is 13.6 Å². The summed E-state index contributed by atoms with van der Waals surface area (Å²) in [5.74, 6) is -1.70. The van der Waals surface area contributed by atoms with Gasteiger partial charge in [0.25, 0.3) is 0 Å². The molecule has 1 atom stereocenters. The molecule has 5 nitrogen and oxygen atoms in total. The highest BCUT2D eigenvalue weighted by atomic mass is 32.2. The largest absolute Gasteiger partial charge is 0.466 e. The highest BCUT2D eigenvalue weighted by Crippen LogP contribution is 2.12. The quantitative estimate of drug-likeness (QED) is 0.771. The Morgan fingerprint density at radius 1 is 1.33 bits per heavy atom. The number of sulfonamides is 1. The average molecular weight is 271 g/mol. The van der Waals surface area contributed by atoms with Crippen LogP contribution in [0, 0.1) is 5.92 Å². The highest BCUT2D eigenvalue weighted by molar-refractivity contribution is 7.89. The smallest absolute Gasteiger partial charge is 0.310 e. The summed E-state index contributed by atoms with van der Waals surface area (Å²) in [5.41, 5.74) is 0.874. The van der Waals surface area contributed by atoms with E-state index in [2.05, 4.69) is 0 Å². The molecule has 2 N–H and O–H groups in total. The second-order valence-corrected chi connectivity index (χ2v) is 5.63. The maximum absolute atomic E-state index is 11.7. The van der Waals surface area contributed by atoms with Gasteiger partial charge in [0.05, 0.1) is 18.3 Å². The van der Waals surface area contributed by atoms with Gasteiger partial charge in [0, 0.05) is 0 Å². The zero-order valence-electron chi connectivity index (χ0n) is 10.2. The first-order chi connectivity index (χ1) is 8.42. The molecule has 1 unspecified atom stereocenters. The lowest BCUT2D eigenvalue weighted by atomic mass is 10.0. The van der Waals surface area contributed by atoms with E-state index < -0.39 is 27.7 Å². The molecule has 0 radical (unpaired) electrons. The van der Waals surface area contributed by atoms with Crippen LogP contribution in [-0.2, 0) is 26.0 Å². The van der Waals surface area contributed by atoms with E-state index in [0.29, 0.717) is 6.42 Å². The van der Waals surface area contributed by atoms with Gasteiger partial charge in [-0.15, -0.1) is 0 Å². The summed E-state index contributed by atoms with van der Waals surface area (Å²) >= 11 is 0. The number of benzene rings is 1. The van der Waals surface area contributed by atoms with E-state index in [1.807, 2.05) is 30.3 Å². The zero-order chi connectivity index (χ0) is 13.6. The van der Waals surface area contributed by atoms with Gasteiger partial charge >= 0.3 is 5.97 Å². The van der Waals surface area contributed by atoms with E-state index in [1.54, 1.807) is 6.92 Å². The number of carbonyl (C=O) groups excluding carboxylic acids is 1. The standard InChI is InChI=1S/C12H17NO4S/c1-2-17-12(14)11(9-18(13,15)16)8-10-6-4-3-5-7-10/h3-7,11H,2,8-9H2,1H3,(H2,13,15,16). The molecule has 0 bridgehead atoms. The molecule has 0 spiro atoms. The van der Waals surface area contributed by atoms with Gasteiger partial charge in [0.2, 0.25) is 10.0 Å². The molecular weight excluding hydrogens is 254 g/mol. The van der Waals surface area contributed by atoms with Crippen LogP contribution in [0.1, 0.15) is 12.5 Å². The van der Waals surface area contributed by atoms with Gasteiger partial charge in [-0.1, -0.05) is 30.3 Å². The first-order valence-electron chi connectivity index (χ1n) is 5.63. The molecular formula is C12H17NO4S. The van der Waals surface area contributed by atoms with Crippen molar-refractivity contribution in [2.24, 2.45) is 11.1 Å². The van der Waals surface area contributed by atoms with Crippen molar-refractivity contribution < 1.29 is 17.9 Å². The molecule has 0 aliphatic rings. The van der Waals surface area contributed by atoms with Crippen molar-refractivity contribution in [3.63, 3.8) is 0 Å². The van der Waals surface area contributed by atoms with Crippen molar-refractivity contribution in [3.8, 4) is 0 Å². The summed E-state index contributed by atoms with van der Waals surface area (Å²) in [4.78, 5) is 11.7. The van der Waals surface area contributed by atoms with Gasteiger partial charge in [-0.2, -0.15) is 0 Å². The van der Waals surface area contributed by atoms with Gasteiger partial charge in [0.15, 0.2) is 0 Å². The number of hydrogen-bond acceptors (Lipinski definition) is 4. The third-order valence-corrected chi connectivity index (χ3v) is 3.25. The third kappa shape index (κ3) is 5.29. The molecule has 0 fully saturated rings. The molecule has 6 heteroatoms. The highest BCUT2D eigenvalue weighted by Gasteiger charge is 2.25. The Bertz CT molecular complexity index is 484. The predicted molar refractivity (Wildman–Crippen MR) is 68.2 cm³/mol. The summed E-state index contributed by atoms with van der Waals surface area (Å²) in [6.45, 7) is 1.89. The fourth-order valence-electron chi connectivity index (χ4n) is 1.65. The van der Waals surface area contributed by atoms with Crippen LogP contribution >= 0.6 is 0 Å². The summed E-state index contributed by atoms with van der Waals surface area (Å²) in [6, 6.07) is 9.16. The number of ether oxygens (including phenoxy) is 1. The second-order valence-electron chi connectivity index (χ2n) is 3.97. The van der Waals surface area contributed by atoms with Crippen molar-refractivity contribution in [2.75, 3.05) is 12.4 Å².